The lowest BCUT2D eigenvalue weighted by atomic mass is 10.4. The minimum absolute atomic E-state index is 0.900. The lowest BCUT2D eigenvalue weighted by molar-refractivity contribution is 0.310. The second-order valence-electron chi connectivity index (χ2n) is 4.20. The van der Waals surface area contributed by atoms with Crippen molar-refractivity contribution in [2.24, 2.45) is 0 Å². The Morgan fingerprint density at radius 3 is 2.27 bits per heavy atom. The Kier molecular flexibility index (Phi) is 5.06. The van der Waals surface area contributed by atoms with E-state index >= 15 is 0 Å². The third kappa shape index (κ3) is 3.47. The maximum atomic E-state index is 6.14. The maximum Gasteiger partial charge on any atom is 0.221 e. The van der Waals surface area contributed by atoms with Crippen LogP contribution in [0.3, 0.4) is 0 Å². The van der Waals surface area contributed by atoms with E-state index in [1.54, 1.807) is 0 Å². The van der Waals surface area contributed by atoms with E-state index in [1.807, 2.05) is 0 Å². The van der Waals surface area contributed by atoms with Crippen LogP contribution in [0.1, 0.15) is 26.7 Å². The second kappa shape index (κ2) is 6.08. The summed E-state index contributed by atoms with van der Waals surface area (Å²) in [6, 6.07) is 12.0. The smallest absolute Gasteiger partial charge is 0.221 e. The molecule has 0 bridgehead atoms. The van der Waals surface area contributed by atoms with Crippen LogP contribution < -0.4 is 5.19 Å². The third-order valence-electron chi connectivity index (χ3n) is 2.74. The highest BCUT2D eigenvalue weighted by atomic mass is 28.4. The van der Waals surface area contributed by atoms with Gasteiger partial charge in [-0.15, -0.1) is 0 Å². The van der Waals surface area contributed by atoms with Crippen molar-refractivity contribution in [1.82, 2.24) is 0 Å². The monoisotopic (exact) mass is 222 g/mol. The van der Waals surface area contributed by atoms with Crippen molar-refractivity contribution in [3.05, 3.63) is 30.3 Å². The van der Waals surface area contributed by atoms with Crippen LogP contribution >= 0.6 is 0 Å². The number of hydrogen-bond donors (Lipinski definition) is 0. The van der Waals surface area contributed by atoms with E-state index in [1.165, 1.54) is 17.7 Å². The Bertz CT molecular complexity index is 273. The van der Waals surface area contributed by atoms with Crippen LogP contribution in [0.15, 0.2) is 30.3 Å². The van der Waals surface area contributed by atoms with Gasteiger partial charge in [0.2, 0.25) is 8.32 Å². The summed E-state index contributed by atoms with van der Waals surface area (Å²) < 4.78 is 6.14. The van der Waals surface area contributed by atoms with E-state index in [4.69, 9.17) is 4.43 Å². The van der Waals surface area contributed by atoms with Crippen molar-refractivity contribution >= 4 is 13.5 Å². The van der Waals surface area contributed by atoms with Crippen molar-refractivity contribution in [2.45, 2.75) is 39.3 Å². The Labute approximate surface area is 94.6 Å². The normalized spacial score (nSPS) is 14.9. The molecular formula is C13H22OSi. The molecule has 15 heavy (non-hydrogen) atoms. The van der Waals surface area contributed by atoms with Gasteiger partial charge in [-0.3, -0.25) is 0 Å². The van der Waals surface area contributed by atoms with Gasteiger partial charge in [0, 0.05) is 6.61 Å². The molecule has 0 aliphatic carbocycles. The summed E-state index contributed by atoms with van der Waals surface area (Å²) in [6.07, 6.45) is 2.32. The zero-order chi connectivity index (χ0) is 11.1. The molecule has 1 nitrogen and oxygen atoms in total. The van der Waals surface area contributed by atoms with Crippen LogP contribution in [0.2, 0.25) is 12.6 Å². The summed E-state index contributed by atoms with van der Waals surface area (Å²) in [5.74, 6) is 0. The van der Waals surface area contributed by atoms with Gasteiger partial charge in [-0.1, -0.05) is 50.6 Å². The van der Waals surface area contributed by atoms with Crippen molar-refractivity contribution < 1.29 is 4.43 Å². The molecule has 0 fully saturated rings. The van der Waals surface area contributed by atoms with Gasteiger partial charge < -0.3 is 4.43 Å². The molecule has 1 aromatic carbocycles. The average Bonchev–Trinajstić information content (AvgIpc) is 2.28. The molecule has 0 N–H and O–H groups in total. The van der Waals surface area contributed by atoms with Gasteiger partial charge in [-0.05, 0) is 24.2 Å². The highest BCUT2D eigenvalue weighted by Gasteiger charge is 2.29. The molecular weight excluding hydrogens is 200 g/mol. The molecule has 0 radical (unpaired) electrons. The van der Waals surface area contributed by atoms with Gasteiger partial charge in [0.05, 0.1) is 0 Å². The van der Waals surface area contributed by atoms with Gasteiger partial charge in [0.15, 0.2) is 0 Å². The van der Waals surface area contributed by atoms with Crippen LogP contribution in [-0.2, 0) is 4.43 Å². The van der Waals surface area contributed by atoms with E-state index in [0.717, 1.165) is 13.0 Å². The molecule has 0 amide bonds. The molecule has 2 heteroatoms. The molecule has 0 aliphatic heterocycles. The second-order valence-corrected chi connectivity index (χ2v) is 8.02. The number of rotatable bonds is 6. The summed E-state index contributed by atoms with van der Waals surface area (Å²) in [7, 11) is -1.65. The fourth-order valence-corrected chi connectivity index (χ4v) is 5.00. The molecule has 1 rings (SSSR count). The first-order valence-corrected chi connectivity index (χ1v) is 8.54. The largest absolute Gasteiger partial charge is 0.413 e. The molecule has 0 heterocycles. The first-order valence-electron chi connectivity index (χ1n) is 5.92. The van der Waals surface area contributed by atoms with Gasteiger partial charge in [0.25, 0.3) is 0 Å². The average molecular weight is 222 g/mol. The molecule has 0 aliphatic rings. The molecule has 0 saturated carbocycles. The predicted molar refractivity (Wildman–Crippen MR) is 69.0 cm³/mol. The van der Waals surface area contributed by atoms with Crippen molar-refractivity contribution in [2.75, 3.05) is 6.61 Å². The van der Waals surface area contributed by atoms with E-state index in [9.17, 15) is 0 Å². The van der Waals surface area contributed by atoms with Gasteiger partial charge >= 0.3 is 0 Å². The zero-order valence-electron chi connectivity index (χ0n) is 10.1. The van der Waals surface area contributed by atoms with Gasteiger partial charge in [0.1, 0.15) is 0 Å². The summed E-state index contributed by atoms with van der Waals surface area (Å²) in [5, 5.41) is 1.43. The zero-order valence-corrected chi connectivity index (χ0v) is 11.1. The Balaban J connectivity index is 2.80. The number of benzene rings is 1. The van der Waals surface area contributed by atoms with E-state index < -0.39 is 8.32 Å². The quantitative estimate of drug-likeness (QED) is 0.671. The fourth-order valence-electron chi connectivity index (χ4n) is 1.89. The van der Waals surface area contributed by atoms with Gasteiger partial charge in [-0.25, -0.2) is 0 Å². The standard InChI is InChI=1S/C13H22OSi/c1-4-11-14-15(3,12-5-2)13-9-7-6-8-10-13/h6-10H,4-5,11-12H2,1-3H3. The van der Waals surface area contributed by atoms with Crippen LogP contribution in [0.25, 0.3) is 0 Å². The summed E-state index contributed by atoms with van der Waals surface area (Å²) in [4.78, 5) is 0. The first-order chi connectivity index (χ1) is 7.23. The van der Waals surface area contributed by atoms with Crippen LogP contribution in [-0.4, -0.2) is 14.9 Å². The first kappa shape index (κ1) is 12.5. The van der Waals surface area contributed by atoms with Crippen molar-refractivity contribution in [3.8, 4) is 0 Å². The van der Waals surface area contributed by atoms with Gasteiger partial charge in [-0.2, -0.15) is 0 Å². The van der Waals surface area contributed by atoms with Crippen LogP contribution in [0, 0.1) is 0 Å². The number of hydrogen-bond acceptors (Lipinski definition) is 1. The highest BCUT2D eigenvalue weighted by molar-refractivity contribution is 6.85. The summed E-state index contributed by atoms with van der Waals surface area (Å²) in [5.41, 5.74) is 0. The fraction of sp³-hybridized carbons (Fsp3) is 0.538. The van der Waals surface area contributed by atoms with E-state index in [2.05, 4.69) is 50.7 Å². The predicted octanol–water partition coefficient (Wildman–Crippen LogP) is 3.31. The maximum absolute atomic E-state index is 6.14. The Morgan fingerprint density at radius 2 is 1.73 bits per heavy atom. The topological polar surface area (TPSA) is 9.23 Å². The molecule has 0 saturated heterocycles. The molecule has 84 valence electrons. The Morgan fingerprint density at radius 1 is 1.07 bits per heavy atom. The van der Waals surface area contributed by atoms with E-state index in [0.29, 0.717) is 0 Å². The molecule has 1 unspecified atom stereocenters. The minimum Gasteiger partial charge on any atom is -0.413 e. The summed E-state index contributed by atoms with van der Waals surface area (Å²) in [6.45, 7) is 7.65. The lowest BCUT2D eigenvalue weighted by Crippen LogP contribution is -2.47. The highest BCUT2D eigenvalue weighted by Crippen LogP contribution is 2.14. The molecule has 1 atom stereocenters. The Hall–Kier alpha value is -0.603. The van der Waals surface area contributed by atoms with Crippen molar-refractivity contribution in [1.29, 1.82) is 0 Å². The minimum atomic E-state index is -1.65. The third-order valence-corrected chi connectivity index (χ3v) is 6.59. The van der Waals surface area contributed by atoms with E-state index in [-0.39, 0.29) is 0 Å². The molecule has 1 aromatic rings. The van der Waals surface area contributed by atoms with Crippen LogP contribution in [0.4, 0.5) is 0 Å². The molecule has 0 aromatic heterocycles. The summed E-state index contributed by atoms with van der Waals surface area (Å²) >= 11 is 0. The molecule has 0 spiro atoms. The lowest BCUT2D eigenvalue weighted by Gasteiger charge is -2.27. The SMILES string of the molecule is CCCO[Si](C)(CCC)c1ccccc1. The van der Waals surface area contributed by atoms with Crippen LogP contribution in [0.5, 0.6) is 0 Å². The van der Waals surface area contributed by atoms with Crippen molar-refractivity contribution in [3.63, 3.8) is 0 Å².